The first-order chi connectivity index (χ1) is 20.5. The van der Waals surface area contributed by atoms with Crippen LogP contribution in [0.5, 0.6) is 5.75 Å². The molecule has 1 fully saturated rings. The van der Waals surface area contributed by atoms with Crippen LogP contribution in [0.25, 0.3) is 22.3 Å². The minimum atomic E-state index is -1.98. The molecule has 44 heavy (non-hydrogen) atoms. The van der Waals surface area contributed by atoms with Gasteiger partial charge in [0.1, 0.15) is 12.4 Å². The molecular formula is C34H53N5O4Si. The van der Waals surface area contributed by atoms with Crippen LogP contribution in [0.3, 0.4) is 0 Å². The Bertz CT molecular complexity index is 1420. The highest BCUT2D eigenvalue weighted by Gasteiger charge is 2.40. The maximum absolute atomic E-state index is 13.0. The molecule has 0 radical (unpaired) electrons. The third-order valence-electron chi connectivity index (χ3n) is 8.53. The Morgan fingerprint density at radius 1 is 1.11 bits per heavy atom. The largest absolute Gasteiger partial charge is 0.491 e. The van der Waals surface area contributed by atoms with Gasteiger partial charge in [0.05, 0.1) is 29.1 Å². The first-order valence-electron chi connectivity index (χ1n) is 16.0. The number of aromatic nitrogens is 3. The first-order valence-corrected chi connectivity index (χ1v) is 18.9. The van der Waals surface area contributed by atoms with Crippen LogP contribution in [0.2, 0.25) is 18.1 Å². The van der Waals surface area contributed by atoms with Crippen molar-refractivity contribution in [2.24, 2.45) is 5.41 Å². The van der Waals surface area contributed by atoms with Crippen molar-refractivity contribution in [3.63, 3.8) is 0 Å². The van der Waals surface area contributed by atoms with Gasteiger partial charge in [-0.1, -0.05) is 53.7 Å². The molecule has 1 atom stereocenters. The van der Waals surface area contributed by atoms with E-state index >= 15 is 0 Å². The van der Waals surface area contributed by atoms with E-state index in [2.05, 4.69) is 84.2 Å². The Balaban J connectivity index is 1.59. The number of carbonyl (C=O) groups is 1. The van der Waals surface area contributed by atoms with E-state index in [1.165, 1.54) is 0 Å². The van der Waals surface area contributed by atoms with Crippen LogP contribution in [0, 0.1) is 5.41 Å². The van der Waals surface area contributed by atoms with Crippen LogP contribution in [-0.4, -0.2) is 61.1 Å². The molecule has 4 rings (SSSR count). The predicted octanol–water partition coefficient (Wildman–Crippen LogP) is 8.19. The summed E-state index contributed by atoms with van der Waals surface area (Å²) in [5.74, 6) is 0.756. The lowest BCUT2D eigenvalue weighted by Crippen LogP contribution is -2.46. The van der Waals surface area contributed by atoms with Crippen molar-refractivity contribution in [3.05, 3.63) is 36.5 Å². The quantitative estimate of drug-likeness (QED) is 0.221. The van der Waals surface area contributed by atoms with Gasteiger partial charge in [0.15, 0.2) is 14.0 Å². The van der Waals surface area contributed by atoms with Crippen molar-refractivity contribution in [3.8, 4) is 17.0 Å². The molecule has 0 aliphatic carbocycles. The summed E-state index contributed by atoms with van der Waals surface area (Å²) in [5, 5.41) is 11.7. The number of nitrogens with one attached hydrogen (secondary N) is 2. The summed E-state index contributed by atoms with van der Waals surface area (Å²) in [5.41, 5.74) is 3.12. The van der Waals surface area contributed by atoms with E-state index in [0.717, 1.165) is 47.3 Å². The summed E-state index contributed by atoms with van der Waals surface area (Å²) in [6.45, 7) is 24.1. The van der Waals surface area contributed by atoms with Crippen molar-refractivity contribution in [1.29, 1.82) is 0 Å². The highest BCUT2D eigenvalue weighted by atomic mass is 28.4. The van der Waals surface area contributed by atoms with Crippen LogP contribution in [0.4, 0.5) is 10.5 Å². The standard InChI is InChI=1S/C34H53N5O4Si/c1-23(2)39-31-28(21-35-39)30(38-32(40)36-25-14-16-41-17-15-25)19-29(37-31)24-12-11-13-26(18-24)42-22-27(20-33(3,4)5)43-44(9,10)34(6,7)8/h11-13,18-19,21,23,25,27H,14-17,20,22H2,1-10H3,(H2,36,37,38,40). The maximum atomic E-state index is 13.0. The van der Waals surface area contributed by atoms with Gasteiger partial charge in [-0.25, -0.2) is 14.5 Å². The highest BCUT2D eigenvalue weighted by Crippen LogP contribution is 2.39. The highest BCUT2D eigenvalue weighted by molar-refractivity contribution is 6.74. The Kier molecular flexibility index (Phi) is 10.5. The average Bonchev–Trinajstić information content (AvgIpc) is 3.36. The molecule has 2 N–H and O–H groups in total. The number of nitrogens with zero attached hydrogens (tertiary/aromatic N) is 3. The summed E-state index contributed by atoms with van der Waals surface area (Å²) in [6.07, 6.45) is 4.27. The number of anilines is 1. The molecule has 242 valence electrons. The second-order valence-electron chi connectivity index (χ2n) is 15.1. The fourth-order valence-electron chi connectivity index (χ4n) is 5.18. The molecule has 2 amide bonds. The van der Waals surface area contributed by atoms with Gasteiger partial charge in [-0.05, 0) is 74.9 Å². The molecule has 3 aromatic rings. The van der Waals surface area contributed by atoms with Crippen LogP contribution < -0.4 is 15.4 Å². The number of pyridine rings is 1. The fraction of sp³-hybridized carbons (Fsp3) is 0.618. The van der Waals surface area contributed by atoms with E-state index in [4.69, 9.17) is 18.9 Å². The number of rotatable bonds is 10. The average molecular weight is 624 g/mol. The number of ether oxygens (including phenoxy) is 2. The third kappa shape index (κ3) is 8.82. The molecule has 0 saturated carbocycles. The van der Waals surface area contributed by atoms with E-state index in [1.54, 1.807) is 6.20 Å². The van der Waals surface area contributed by atoms with Crippen LogP contribution in [-0.2, 0) is 9.16 Å². The summed E-state index contributed by atoms with van der Waals surface area (Å²) in [4.78, 5) is 18.0. The van der Waals surface area contributed by atoms with E-state index in [9.17, 15) is 4.79 Å². The normalized spacial score (nSPS) is 15.9. The molecule has 0 bridgehead atoms. The zero-order valence-electron chi connectivity index (χ0n) is 28.4. The topological polar surface area (TPSA) is 99.5 Å². The number of urea groups is 1. The SMILES string of the molecule is CC(C)n1ncc2c(NC(=O)NC3CCOCC3)cc(-c3cccc(OCC(CC(C)(C)C)O[Si](C)(C)C(C)(C)C)c3)nc21. The lowest BCUT2D eigenvalue weighted by atomic mass is 9.89. The second kappa shape index (κ2) is 13.6. The molecule has 3 heterocycles. The molecule has 1 aromatic carbocycles. The molecular weight excluding hydrogens is 570 g/mol. The van der Waals surface area contributed by atoms with E-state index in [0.29, 0.717) is 25.5 Å². The number of hydrogen-bond donors (Lipinski definition) is 2. The van der Waals surface area contributed by atoms with Gasteiger partial charge in [-0.15, -0.1) is 0 Å². The minimum absolute atomic E-state index is 0.0144. The Morgan fingerprint density at radius 2 is 1.82 bits per heavy atom. The minimum Gasteiger partial charge on any atom is -0.491 e. The zero-order valence-corrected chi connectivity index (χ0v) is 29.4. The number of amides is 2. The monoisotopic (exact) mass is 623 g/mol. The van der Waals surface area contributed by atoms with Crippen molar-refractivity contribution in [2.45, 2.75) is 111 Å². The van der Waals surface area contributed by atoms with Crippen molar-refractivity contribution < 1.29 is 18.7 Å². The summed E-state index contributed by atoms with van der Waals surface area (Å²) in [7, 11) is -1.98. The molecule has 9 nitrogen and oxygen atoms in total. The molecule has 1 aliphatic heterocycles. The number of hydrogen-bond acceptors (Lipinski definition) is 6. The van der Waals surface area contributed by atoms with Gasteiger partial charge in [0.25, 0.3) is 0 Å². The zero-order chi connectivity index (χ0) is 32.3. The van der Waals surface area contributed by atoms with Gasteiger partial charge in [0, 0.05) is 30.9 Å². The Hall–Kier alpha value is -2.95. The number of benzene rings is 1. The van der Waals surface area contributed by atoms with Gasteiger partial charge < -0.3 is 24.5 Å². The Labute approximate surface area is 264 Å². The first kappa shape index (κ1) is 33.9. The lowest BCUT2D eigenvalue weighted by molar-refractivity contribution is 0.0789. The second-order valence-corrected chi connectivity index (χ2v) is 19.8. The summed E-state index contributed by atoms with van der Waals surface area (Å²) < 4.78 is 20.6. The van der Waals surface area contributed by atoms with Gasteiger partial charge in [-0.2, -0.15) is 5.10 Å². The van der Waals surface area contributed by atoms with Crippen molar-refractivity contribution in [1.82, 2.24) is 20.1 Å². The smallest absolute Gasteiger partial charge is 0.319 e. The molecule has 1 unspecified atom stereocenters. The summed E-state index contributed by atoms with van der Waals surface area (Å²) in [6, 6.07) is 9.86. The summed E-state index contributed by atoms with van der Waals surface area (Å²) >= 11 is 0. The van der Waals surface area contributed by atoms with Crippen LogP contribution in [0.1, 0.15) is 80.7 Å². The number of carbonyl (C=O) groups excluding carboxylic acids is 1. The predicted molar refractivity (Wildman–Crippen MR) is 181 cm³/mol. The molecule has 0 spiro atoms. The van der Waals surface area contributed by atoms with Crippen LogP contribution >= 0.6 is 0 Å². The molecule has 1 saturated heterocycles. The van der Waals surface area contributed by atoms with Crippen molar-refractivity contribution >= 4 is 31.1 Å². The third-order valence-corrected chi connectivity index (χ3v) is 13.1. The van der Waals surface area contributed by atoms with E-state index in [-0.39, 0.29) is 34.7 Å². The van der Waals surface area contributed by atoms with E-state index in [1.807, 2.05) is 35.0 Å². The maximum Gasteiger partial charge on any atom is 0.319 e. The molecule has 2 aromatic heterocycles. The van der Waals surface area contributed by atoms with Crippen LogP contribution in [0.15, 0.2) is 36.5 Å². The number of fused-ring (bicyclic) bond motifs is 1. The van der Waals surface area contributed by atoms with Gasteiger partial charge in [-0.3, -0.25) is 0 Å². The molecule has 1 aliphatic rings. The molecule has 10 heteroatoms. The van der Waals surface area contributed by atoms with Gasteiger partial charge in [0.2, 0.25) is 0 Å². The van der Waals surface area contributed by atoms with E-state index < -0.39 is 8.32 Å². The van der Waals surface area contributed by atoms with Gasteiger partial charge >= 0.3 is 6.03 Å². The fourth-order valence-corrected chi connectivity index (χ4v) is 6.52. The van der Waals surface area contributed by atoms with Crippen molar-refractivity contribution in [2.75, 3.05) is 25.1 Å². The lowest BCUT2D eigenvalue weighted by Gasteiger charge is -2.40. The Morgan fingerprint density at radius 3 is 2.45 bits per heavy atom.